The number of ether oxygens (including phenoxy) is 1. The van der Waals surface area contributed by atoms with Crippen molar-refractivity contribution in [2.24, 2.45) is 0 Å². The Morgan fingerprint density at radius 2 is 2.20 bits per heavy atom. The van der Waals surface area contributed by atoms with Crippen LogP contribution in [0.4, 0.5) is 5.13 Å². The first-order chi connectivity index (χ1) is 9.83. The van der Waals surface area contributed by atoms with Crippen LogP contribution in [0.2, 0.25) is 0 Å². The number of benzene rings is 1. The van der Waals surface area contributed by atoms with Gasteiger partial charge in [0.2, 0.25) is 0 Å². The molecule has 20 heavy (non-hydrogen) atoms. The Kier molecular flexibility index (Phi) is 5.83. The van der Waals surface area contributed by atoms with Crippen LogP contribution in [-0.2, 0) is 13.0 Å². The number of thiazole rings is 1. The lowest BCUT2D eigenvalue weighted by molar-refractivity contribution is 0.285. The molecule has 0 saturated heterocycles. The Bertz CT molecular complexity index is 528. The Morgan fingerprint density at radius 1 is 1.35 bits per heavy atom. The second-order valence-corrected chi connectivity index (χ2v) is 5.54. The van der Waals surface area contributed by atoms with Crippen LogP contribution in [-0.4, -0.2) is 23.2 Å². The summed E-state index contributed by atoms with van der Waals surface area (Å²) in [5.41, 5.74) is 1.03. The molecule has 2 N–H and O–H groups in total. The molecule has 5 heteroatoms. The van der Waals surface area contributed by atoms with Gasteiger partial charge >= 0.3 is 0 Å². The van der Waals surface area contributed by atoms with Gasteiger partial charge in [-0.25, -0.2) is 4.98 Å². The predicted molar refractivity (Wildman–Crippen MR) is 82.5 cm³/mol. The molecule has 2 aromatic rings. The largest absolute Gasteiger partial charge is 0.488 e. The average Bonchev–Trinajstić information content (AvgIpc) is 2.92. The maximum Gasteiger partial charge on any atom is 0.182 e. The molecule has 1 aromatic carbocycles. The number of aromatic nitrogens is 1. The van der Waals surface area contributed by atoms with Gasteiger partial charge in [0.15, 0.2) is 5.13 Å². The van der Waals surface area contributed by atoms with E-state index in [1.54, 1.807) is 11.3 Å². The summed E-state index contributed by atoms with van der Waals surface area (Å²) < 4.78 is 5.83. The van der Waals surface area contributed by atoms with Crippen molar-refractivity contribution in [3.05, 3.63) is 40.9 Å². The van der Waals surface area contributed by atoms with Crippen molar-refractivity contribution in [2.45, 2.75) is 26.4 Å². The van der Waals surface area contributed by atoms with E-state index in [0.717, 1.165) is 34.3 Å². The zero-order chi connectivity index (χ0) is 14.2. The number of aliphatic hydroxyl groups is 1. The Balaban J connectivity index is 1.93. The van der Waals surface area contributed by atoms with Gasteiger partial charge in [0.1, 0.15) is 12.4 Å². The minimum atomic E-state index is 0.131. The second kappa shape index (κ2) is 7.87. The third kappa shape index (κ3) is 4.21. The van der Waals surface area contributed by atoms with Gasteiger partial charge in [-0.2, -0.15) is 0 Å². The molecule has 0 fully saturated rings. The molecule has 0 amide bonds. The molecule has 1 aromatic heterocycles. The molecule has 2 rings (SSSR count). The van der Waals surface area contributed by atoms with Crippen LogP contribution in [0.25, 0.3) is 0 Å². The number of hydrogen-bond acceptors (Lipinski definition) is 5. The van der Waals surface area contributed by atoms with Gasteiger partial charge in [-0.15, -0.1) is 0 Å². The lowest BCUT2D eigenvalue weighted by atomic mass is 10.1. The third-order valence-electron chi connectivity index (χ3n) is 2.80. The smallest absolute Gasteiger partial charge is 0.182 e. The zero-order valence-electron chi connectivity index (χ0n) is 11.6. The van der Waals surface area contributed by atoms with Crippen molar-refractivity contribution < 1.29 is 9.84 Å². The van der Waals surface area contributed by atoms with Crippen molar-refractivity contribution in [1.82, 2.24) is 4.98 Å². The van der Waals surface area contributed by atoms with Gasteiger partial charge in [0, 0.05) is 19.3 Å². The molecule has 4 nitrogen and oxygen atoms in total. The van der Waals surface area contributed by atoms with E-state index >= 15 is 0 Å². The number of para-hydroxylation sites is 1. The maximum absolute atomic E-state index is 9.04. The topological polar surface area (TPSA) is 54.4 Å². The van der Waals surface area contributed by atoms with E-state index < -0.39 is 0 Å². The highest BCUT2D eigenvalue weighted by Crippen LogP contribution is 2.23. The zero-order valence-corrected chi connectivity index (χ0v) is 12.4. The first kappa shape index (κ1) is 14.8. The highest BCUT2D eigenvalue weighted by molar-refractivity contribution is 7.15. The van der Waals surface area contributed by atoms with Gasteiger partial charge in [-0.3, -0.25) is 0 Å². The van der Waals surface area contributed by atoms with E-state index in [-0.39, 0.29) is 6.61 Å². The molecule has 0 radical (unpaired) electrons. The Labute approximate surface area is 123 Å². The number of nitrogens with zero attached hydrogens (tertiary/aromatic N) is 1. The van der Waals surface area contributed by atoms with E-state index in [4.69, 9.17) is 9.84 Å². The lowest BCUT2D eigenvalue weighted by Gasteiger charge is -2.09. The molecule has 0 aliphatic carbocycles. The summed E-state index contributed by atoms with van der Waals surface area (Å²) in [6, 6.07) is 7.81. The van der Waals surface area contributed by atoms with Gasteiger partial charge < -0.3 is 15.2 Å². The monoisotopic (exact) mass is 292 g/mol. The van der Waals surface area contributed by atoms with Crippen LogP contribution in [0.5, 0.6) is 5.75 Å². The molecule has 0 saturated carbocycles. The summed E-state index contributed by atoms with van der Waals surface area (Å²) in [6.45, 7) is 3.70. The Hall–Kier alpha value is -1.59. The van der Waals surface area contributed by atoms with Gasteiger partial charge in [-0.05, 0) is 24.5 Å². The molecule has 0 spiro atoms. The van der Waals surface area contributed by atoms with E-state index in [1.165, 1.54) is 0 Å². The van der Waals surface area contributed by atoms with Crippen molar-refractivity contribution in [3.8, 4) is 5.75 Å². The highest BCUT2D eigenvalue weighted by Gasteiger charge is 2.05. The summed E-state index contributed by atoms with van der Waals surface area (Å²) >= 11 is 1.61. The van der Waals surface area contributed by atoms with Crippen molar-refractivity contribution >= 4 is 16.5 Å². The molecule has 0 bridgehead atoms. The summed E-state index contributed by atoms with van der Waals surface area (Å²) in [5.74, 6) is 0.831. The van der Waals surface area contributed by atoms with Crippen LogP contribution in [0.3, 0.4) is 0 Å². The minimum Gasteiger partial charge on any atom is -0.488 e. The Morgan fingerprint density at radius 3 is 3.00 bits per heavy atom. The third-order valence-corrected chi connectivity index (χ3v) is 3.73. The standard InChI is InChI=1S/C15H20N2O2S/c1-2-8-16-15-17-10-13(20-15)11-19-14-6-4-3-5-12(14)7-9-18/h3-6,10,18H,2,7-9,11H2,1H3,(H,16,17). The molecule has 0 atom stereocenters. The maximum atomic E-state index is 9.04. The SMILES string of the molecule is CCCNc1ncc(COc2ccccc2CCO)s1. The fourth-order valence-electron chi connectivity index (χ4n) is 1.81. The number of nitrogens with one attached hydrogen (secondary N) is 1. The predicted octanol–water partition coefficient (Wildman–Crippen LogP) is 3.08. The quantitative estimate of drug-likeness (QED) is 0.785. The van der Waals surface area contributed by atoms with Gasteiger partial charge in [0.05, 0.1) is 4.88 Å². The summed E-state index contributed by atoms with van der Waals surface area (Å²) in [6.07, 6.45) is 3.54. The van der Waals surface area contributed by atoms with Crippen molar-refractivity contribution in [2.75, 3.05) is 18.5 Å². The first-order valence-electron chi connectivity index (χ1n) is 6.83. The fraction of sp³-hybridized carbons (Fsp3) is 0.400. The first-order valence-corrected chi connectivity index (χ1v) is 7.65. The molecule has 108 valence electrons. The summed E-state index contributed by atoms with van der Waals surface area (Å²) in [4.78, 5) is 5.40. The molecule has 0 aliphatic rings. The molecular weight excluding hydrogens is 272 g/mol. The normalized spacial score (nSPS) is 10.5. The number of aliphatic hydroxyl groups excluding tert-OH is 1. The van der Waals surface area contributed by atoms with E-state index in [9.17, 15) is 0 Å². The average molecular weight is 292 g/mol. The molecule has 0 unspecified atom stereocenters. The van der Waals surface area contributed by atoms with Crippen molar-refractivity contribution in [3.63, 3.8) is 0 Å². The number of anilines is 1. The summed E-state index contributed by atoms with van der Waals surface area (Å²) in [7, 11) is 0. The van der Waals surface area contributed by atoms with E-state index in [1.807, 2.05) is 30.5 Å². The van der Waals surface area contributed by atoms with Crippen LogP contribution in [0.15, 0.2) is 30.5 Å². The van der Waals surface area contributed by atoms with Crippen molar-refractivity contribution in [1.29, 1.82) is 0 Å². The van der Waals surface area contributed by atoms with Crippen LogP contribution >= 0.6 is 11.3 Å². The molecule has 0 aliphatic heterocycles. The highest BCUT2D eigenvalue weighted by atomic mass is 32.1. The minimum absolute atomic E-state index is 0.131. The van der Waals surface area contributed by atoms with Gasteiger partial charge in [0.25, 0.3) is 0 Å². The fourth-order valence-corrected chi connectivity index (χ4v) is 2.56. The number of rotatable bonds is 8. The van der Waals surface area contributed by atoms with E-state index in [0.29, 0.717) is 13.0 Å². The summed E-state index contributed by atoms with van der Waals surface area (Å²) in [5, 5.41) is 13.2. The molecular formula is C15H20N2O2S. The lowest BCUT2D eigenvalue weighted by Crippen LogP contribution is -1.99. The van der Waals surface area contributed by atoms with Crippen LogP contribution in [0, 0.1) is 0 Å². The number of hydrogen-bond donors (Lipinski definition) is 2. The van der Waals surface area contributed by atoms with Gasteiger partial charge in [-0.1, -0.05) is 36.5 Å². The van der Waals surface area contributed by atoms with E-state index in [2.05, 4.69) is 17.2 Å². The van der Waals surface area contributed by atoms with Crippen LogP contribution in [0.1, 0.15) is 23.8 Å². The van der Waals surface area contributed by atoms with Crippen LogP contribution < -0.4 is 10.1 Å². The second-order valence-electron chi connectivity index (χ2n) is 4.43. The molecule has 1 heterocycles.